The minimum atomic E-state index is -1.79. The number of ether oxygens (including phenoxy) is 1. The highest BCUT2D eigenvalue weighted by Gasteiger charge is 2.40. The lowest BCUT2D eigenvalue weighted by Crippen LogP contribution is -2.47. The van der Waals surface area contributed by atoms with Gasteiger partial charge in [0.2, 0.25) is 0 Å². The Morgan fingerprint density at radius 3 is 2.13 bits per heavy atom. The van der Waals surface area contributed by atoms with E-state index in [1.54, 1.807) is 7.11 Å². The molecule has 0 amide bonds. The molecule has 0 saturated carbocycles. The second kappa shape index (κ2) is 9.06. The molecule has 3 heteroatoms. The van der Waals surface area contributed by atoms with Gasteiger partial charge in [-0.2, -0.15) is 0 Å². The van der Waals surface area contributed by atoms with Crippen LogP contribution in [0.5, 0.6) is 0 Å². The van der Waals surface area contributed by atoms with Gasteiger partial charge in [-0.15, -0.1) is 12.3 Å². The topological polar surface area (TPSA) is 18.5 Å². The SMILES string of the molecule is C#C[C@@H](C)C/C(C)=C/[C@H](C)[C@@H](OC)[C@@H](C)O[Si](C)(C)C(C)(C)C. The standard InChI is InChI=1S/C20H38O2Si/c1-12-15(2)13-16(3)14-17(4)19(21-9)18(5)22-23(10,11)20(6,7)8/h1,14-15,17-19H,13H2,2-11H3/b16-14+/t15-,17+,18-,19-/m1/s1. The maximum absolute atomic E-state index is 6.51. The minimum Gasteiger partial charge on any atom is -0.412 e. The van der Waals surface area contributed by atoms with E-state index in [2.05, 4.69) is 73.6 Å². The van der Waals surface area contributed by atoms with Crippen molar-refractivity contribution in [2.24, 2.45) is 11.8 Å². The van der Waals surface area contributed by atoms with Crippen LogP contribution in [0.2, 0.25) is 18.1 Å². The van der Waals surface area contributed by atoms with Gasteiger partial charge >= 0.3 is 0 Å². The summed E-state index contributed by atoms with van der Waals surface area (Å²) in [6, 6.07) is 0. The van der Waals surface area contributed by atoms with E-state index in [1.807, 2.05) is 0 Å². The monoisotopic (exact) mass is 338 g/mol. The molecule has 0 aromatic rings. The fraction of sp³-hybridized carbons (Fsp3) is 0.800. The molecule has 23 heavy (non-hydrogen) atoms. The zero-order chi connectivity index (χ0) is 18.4. The van der Waals surface area contributed by atoms with Crippen LogP contribution in [0, 0.1) is 24.2 Å². The van der Waals surface area contributed by atoms with Gasteiger partial charge in [0.25, 0.3) is 0 Å². The number of allylic oxidation sites excluding steroid dienone is 1. The number of rotatable bonds is 8. The van der Waals surface area contributed by atoms with E-state index in [4.69, 9.17) is 15.6 Å². The van der Waals surface area contributed by atoms with Crippen molar-refractivity contribution in [1.82, 2.24) is 0 Å². The first-order valence-electron chi connectivity index (χ1n) is 8.69. The fourth-order valence-electron chi connectivity index (χ4n) is 2.70. The molecular formula is C20H38O2Si. The Bertz CT molecular complexity index is 426. The summed E-state index contributed by atoms with van der Waals surface area (Å²) < 4.78 is 12.3. The van der Waals surface area contributed by atoms with Gasteiger partial charge in [0.05, 0.1) is 12.2 Å². The molecule has 0 aromatic carbocycles. The van der Waals surface area contributed by atoms with Crippen LogP contribution in [0.1, 0.15) is 54.9 Å². The van der Waals surface area contributed by atoms with Crippen molar-refractivity contribution < 1.29 is 9.16 Å². The van der Waals surface area contributed by atoms with Crippen LogP contribution in [-0.4, -0.2) is 27.6 Å². The summed E-state index contributed by atoms with van der Waals surface area (Å²) in [4.78, 5) is 0. The molecule has 0 aliphatic carbocycles. The van der Waals surface area contributed by atoms with E-state index in [0.717, 1.165) is 6.42 Å². The maximum atomic E-state index is 6.51. The van der Waals surface area contributed by atoms with Gasteiger partial charge in [-0.05, 0) is 38.4 Å². The summed E-state index contributed by atoms with van der Waals surface area (Å²) in [5, 5.41) is 0.205. The highest BCUT2D eigenvalue weighted by atomic mass is 28.4. The van der Waals surface area contributed by atoms with Crippen LogP contribution >= 0.6 is 0 Å². The Hall–Kier alpha value is -0.563. The number of hydrogen-bond acceptors (Lipinski definition) is 2. The Balaban J connectivity index is 5.00. The zero-order valence-electron chi connectivity index (χ0n) is 17.0. The van der Waals surface area contributed by atoms with Gasteiger partial charge in [-0.3, -0.25) is 0 Å². The third kappa shape index (κ3) is 7.24. The predicted molar refractivity (Wildman–Crippen MR) is 104 cm³/mol. The number of hydrogen-bond donors (Lipinski definition) is 0. The van der Waals surface area contributed by atoms with Gasteiger partial charge < -0.3 is 9.16 Å². The third-order valence-electron chi connectivity index (χ3n) is 5.00. The normalized spacial score (nSPS) is 18.9. The molecule has 4 atom stereocenters. The van der Waals surface area contributed by atoms with Crippen LogP contribution in [0.3, 0.4) is 0 Å². The second-order valence-corrected chi connectivity index (χ2v) is 13.2. The Morgan fingerprint density at radius 1 is 1.22 bits per heavy atom. The van der Waals surface area contributed by atoms with Gasteiger partial charge in [0.15, 0.2) is 8.32 Å². The van der Waals surface area contributed by atoms with E-state index < -0.39 is 8.32 Å². The summed E-state index contributed by atoms with van der Waals surface area (Å²) in [7, 11) is -0.0143. The lowest BCUT2D eigenvalue weighted by Gasteiger charge is -2.41. The molecule has 0 unspecified atom stereocenters. The van der Waals surface area contributed by atoms with Crippen LogP contribution in [0.4, 0.5) is 0 Å². The average Bonchev–Trinajstić information content (AvgIpc) is 2.36. The van der Waals surface area contributed by atoms with Crippen molar-refractivity contribution in [3.05, 3.63) is 11.6 Å². The molecule has 0 radical (unpaired) electrons. The zero-order valence-corrected chi connectivity index (χ0v) is 18.0. The molecule has 134 valence electrons. The first-order valence-corrected chi connectivity index (χ1v) is 11.6. The lowest BCUT2D eigenvalue weighted by molar-refractivity contribution is -0.0162. The van der Waals surface area contributed by atoms with E-state index in [9.17, 15) is 0 Å². The summed E-state index contributed by atoms with van der Waals surface area (Å²) in [6.45, 7) is 19.9. The molecule has 0 rings (SSSR count). The summed E-state index contributed by atoms with van der Waals surface area (Å²) in [6.07, 6.45) is 8.83. The number of methoxy groups -OCH3 is 1. The second-order valence-electron chi connectivity index (χ2n) is 8.43. The molecule has 0 bridgehead atoms. The van der Waals surface area contributed by atoms with Crippen LogP contribution in [0.25, 0.3) is 0 Å². The highest BCUT2D eigenvalue weighted by molar-refractivity contribution is 6.74. The molecular weight excluding hydrogens is 300 g/mol. The van der Waals surface area contributed by atoms with Crippen molar-refractivity contribution >= 4 is 8.32 Å². The minimum absolute atomic E-state index is 0.0558. The van der Waals surface area contributed by atoms with E-state index >= 15 is 0 Å². The van der Waals surface area contributed by atoms with Crippen molar-refractivity contribution in [3.8, 4) is 12.3 Å². The molecule has 0 N–H and O–H groups in total. The molecule has 2 nitrogen and oxygen atoms in total. The quantitative estimate of drug-likeness (QED) is 0.323. The van der Waals surface area contributed by atoms with Crippen molar-refractivity contribution in [3.63, 3.8) is 0 Å². The fourth-order valence-corrected chi connectivity index (χ4v) is 4.11. The Morgan fingerprint density at radius 2 is 1.74 bits per heavy atom. The Kier molecular flexibility index (Phi) is 8.84. The largest absolute Gasteiger partial charge is 0.412 e. The summed E-state index contributed by atoms with van der Waals surface area (Å²) in [5.41, 5.74) is 1.32. The molecule has 0 saturated heterocycles. The van der Waals surface area contributed by atoms with Crippen molar-refractivity contribution in [2.45, 2.75) is 85.2 Å². The molecule has 0 spiro atoms. The van der Waals surface area contributed by atoms with E-state index in [-0.39, 0.29) is 23.2 Å². The molecule has 0 fully saturated rings. The van der Waals surface area contributed by atoms with Crippen LogP contribution in [-0.2, 0) is 9.16 Å². The van der Waals surface area contributed by atoms with E-state index in [0.29, 0.717) is 5.92 Å². The molecule has 0 aliphatic heterocycles. The average molecular weight is 339 g/mol. The van der Waals surface area contributed by atoms with Crippen molar-refractivity contribution in [2.75, 3.05) is 7.11 Å². The lowest BCUT2D eigenvalue weighted by atomic mass is 9.94. The predicted octanol–water partition coefficient (Wildman–Crippen LogP) is 5.65. The van der Waals surface area contributed by atoms with Gasteiger partial charge in [-0.25, -0.2) is 0 Å². The smallest absolute Gasteiger partial charge is 0.192 e. The summed E-state index contributed by atoms with van der Waals surface area (Å²) in [5.74, 6) is 3.37. The molecule has 0 aromatic heterocycles. The van der Waals surface area contributed by atoms with Crippen LogP contribution in [0.15, 0.2) is 11.6 Å². The van der Waals surface area contributed by atoms with Crippen molar-refractivity contribution in [1.29, 1.82) is 0 Å². The first kappa shape index (κ1) is 22.4. The molecule has 0 heterocycles. The first-order chi connectivity index (χ1) is 10.4. The summed E-state index contributed by atoms with van der Waals surface area (Å²) >= 11 is 0. The number of terminal acetylenes is 1. The maximum Gasteiger partial charge on any atom is 0.192 e. The van der Waals surface area contributed by atoms with Gasteiger partial charge in [0, 0.05) is 18.9 Å². The molecule has 0 aliphatic rings. The van der Waals surface area contributed by atoms with Gasteiger partial charge in [-0.1, -0.05) is 46.3 Å². The van der Waals surface area contributed by atoms with Crippen LogP contribution < -0.4 is 0 Å². The third-order valence-corrected chi connectivity index (χ3v) is 9.57. The Labute approximate surface area is 146 Å². The van der Waals surface area contributed by atoms with E-state index in [1.165, 1.54) is 5.57 Å². The van der Waals surface area contributed by atoms with Gasteiger partial charge in [0.1, 0.15) is 0 Å². The highest BCUT2D eigenvalue weighted by Crippen LogP contribution is 2.38.